The smallest absolute Gasteiger partial charge is 0.322 e. The Bertz CT molecular complexity index is 474. The molecule has 1 saturated heterocycles. The molecule has 1 aliphatic heterocycles. The molecule has 0 radical (unpaired) electrons. The number of nitrogens with zero attached hydrogens (tertiary/aromatic N) is 1. The lowest BCUT2D eigenvalue weighted by Crippen LogP contribution is -2.67. The van der Waals surface area contributed by atoms with Crippen LogP contribution in [0.5, 0.6) is 0 Å². The number of rotatable bonds is 1. The molecule has 0 atom stereocenters. The van der Waals surface area contributed by atoms with Crippen molar-refractivity contribution in [2.24, 2.45) is 5.73 Å². The summed E-state index contributed by atoms with van der Waals surface area (Å²) in [6.45, 7) is 2.69. The summed E-state index contributed by atoms with van der Waals surface area (Å²) in [5.74, 6) is 0. The number of benzene rings is 1. The third-order valence-electron chi connectivity index (χ3n) is 2.85. The van der Waals surface area contributed by atoms with Crippen LogP contribution in [0.2, 0.25) is 0 Å². The quantitative estimate of drug-likeness (QED) is 0.824. The summed E-state index contributed by atoms with van der Waals surface area (Å²) >= 11 is 0. The molecule has 0 saturated carbocycles. The average molecular weight is 273 g/mol. The molecule has 0 aliphatic carbocycles. The molecule has 4 nitrogen and oxygen atoms in total. The van der Waals surface area contributed by atoms with Crippen molar-refractivity contribution in [3.8, 4) is 0 Å². The van der Waals surface area contributed by atoms with E-state index in [2.05, 4.69) is 5.32 Å². The second-order valence-corrected chi connectivity index (χ2v) is 5.02. The van der Waals surface area contributed by atoms with E-state index in [0.29, 0.717) is 18.8 Å². The maximum atomic E-state index is 12.3. The summed E-state index contributed by atoms with van der Waals surface area (Å²) in [6, 6.07) is 3.95. The lowest BCUT2D eigenvalue weighted by Gasteiger charge is -2.45. The lowest BCUT2D eigenvalue weighted by atomic mass is 9.94. The highest BCUT2D eigenvalue weighted by molar-refractivity contribution is 5.90. The summed E-state index contributed by atoms with van der Waals surface area (Å²) in [4.78, 5) is 13.2. The van der Waals surface area contributed by atoms with Crippen molar-refractivity contribution in [2.45, 2.75) is 18.6 Å². The molecule has 0 unspecified atom stereocenters. The van der Waals surface area contributed by atoms with Gasteiger partial charge in [0, 0.05) is 24.3 Å². The van der Waals surface area contributed by atoms with Crippen molar-refractivity contribution in [3.05, 3.63) is 29.8 Å². The Morgan fingerprint density at radius 3 is 2.26 bits per heavy atom. The van der Waals surface area contributed by atoms with E-state index >= 15 is 0 Å². The SMILES string of the molecule is CC1(N)CN(C(=O)Nc2ccc(C(F)(F)F)cc2)C1. The molecule has 1 heterocycles. The van der Waals surface area contributed by atoms with Crippen LogP contribution in [0, 0.1) is 0 Å². The molecule has 7 heteroatoms. The van der Waals surface area contributed by atoms with E-state index < -0.39 is 11.7 Å². The first-order chi connectivity index (χ1) is 8.67. The normalized spacial score (nSPS) is 17.8. The molecule has 2 rings (SSSR count). The van der Waals surface area contributed by atoms with Gasteiger partial charge in [-0.25, -0.2) is 4.79 Å². The van der Waals surface area contributed by atoms with Crippen LogP contribution in [-0.2, 0) is 6.18 Å². The van der Waals surface area contributed by atoms with Crippen molar-refractivity contribution in [1.29, 1.82) is 0 Å². The third-order valence-corrected chi connectivity index (χ3v) is 2.85. The second kappa shape index (κ2) is 4.41. The van der Waals surface area contributed by atoms with Gasteiger partial charge in [-0.15, -0.1) is 0 Å². The van der Waals surface area contributed by atoms with Crippen LogP contribution in [0.4, 0.5) is 23.7 Å². The monoisotopic (exact) mass is 273 g/mol. The van der Waals surface area contributed by atoms with Gasteiger partial charge in [0.1, 0.15) is 0 Å². The van der Waals surface area contributed by atoms with E-state index in [4.69, 9.17) is 5.73 Å². The Hall–Kier alpha value is -1.76. The topological polar surface area (TPSA) is 58.4 Å². The number of carbonyl (C=O) groups excluding carboxylic acids is 1. The predicted octanol–water partition coefficient (Wildman–Crippen LogP) is 2.27. The van der Waals surface area contributed by atoms with Crippen LogP contribution in [0.1, 0.15) is 12.5 Å². The number of alkyl halides is 3. The molecule has 1 fully saturated rings. The molecular formula is C12H14F3N3O. The van der Waals surface area contributed by atoms with Gasteiger partial charge in [-0.3, -0.25) is 0 Å². The largest absolute Gasteiger partial charge is 0.416 e. The number of carbonyl (C=O) groups is 1. The zero-order valence-electron chi connectivity index (χ0n) is 10.3. The average Bonchev–Trinajstić information content (AvgIpc) is 2.25. The number of anilines is 1. The van der Waals surface area contributed by atoms with E-state index in [1.807, 2.05) is 6.92 Å². The number of amides is 2. The Labute approximate surface area is 108 Å². The first kappa shape index (κ1) is 13.7. The first-order valence-corrected chi connectivity index (χ1v) is 5.69. The Morgan fingerprint density at radius 1 is 1.32 bits per heavy atom. The molecule has 3 N–H and O–H groups in total. The van der Waals surface area contributed by atoms with E-state index in [-0.39, 0.29) is 11.6 Å². The number of urea groups is 1. The van der Waals surface area contributed by atoms with E-state index in [9.17, 15) is 18.0 Å². The summed E-state index contributed by atoms with van der Waals surface area (Å²) in [5.41, 5.74) is 4.96. The maximum Gasteiger partial charge on any atom is 0.416 e. The molecule has 2 amide bonds. The molecule has 1 aromatic rings. The summed E-state index contributed by atoms with van der Waals surface area (Å²) < 4.78 is 37.0. The van der Waals surface area contributed by atoms with Crippen molar-refractivity contribution < 1.29 is 18.0 Å². The van der Waals surface area contributed by atoms with Crippen molar-refractivity contribution in [2.75, 3.05) is 18.4 Å². The molecule has 1 aliphatic rings. The lowest BCUT2D eigenvalue weighted by molar-refractivity contribution is -0.137. The van der Waals surface area contributed by atoms with Crippen LogP contribution in [-0.4, -0.2) is 29.6 Å². The summed E-state index contributed by atoms with van der Waals surface area (Å²) in [5, 5.41) is 2.52. The highest BCUT2D eigenvalue weighted by atomic mass is 19.4. The second-order valence-electron chi connectivity index (χ2n) is 5.02. The van der Waals surface area contributed by atoms with Gasteiger partial charge in [-0.05, 0) is 31.2 Å². The fraction of sp³-hybridized carbons (Fsp3) is 0.417. The van der Waals surface area contributed by atoms with Crippen LogP contribution in [0.15, 0.2) is 24.3 Å². The first-order valence-electron chi connectivity index (χ1n) is 5.69. The van der Waals surface area contributed by atoms with Crippen LogP contribution >= 0.6 is 0 Å². The van der Waals surface area contributed by atoms with E-state index in [1.54, 1.807) is 0 Å². The van der Waals surface area contributed by atoms with Gasteiger partial charge in [-0.1, -0.05) is 0 Å². The molecule has 1 aromatic carbocycles. The third kappa shape index (κ3) is 3.17. The number of halogens is 3. The minimum atomic E-state index is -4.37. The standard InChI is InChI=1S/C12H14F3N3O/c1-11(16)6-18(7-11)10(19)17-9-4-2-8(3-5-9)12(13,14)15/h2-5H,6-7,16H2,1H3,(H,17,19). The minimum absolute atomic E-state index is 0.323. The van der Waals surface area contributed by atoms with Crippen LogP contribution < -0.4 is 11.1 Å². The predicted molar refractivity (Wildman–Crippen MR) is 64.6 cm³/mol. The van der Waals surface area contributed by atoms with Gasteiger partial charge in [0.05, 0.1) is 5.56 Å². The minimum Gasteiger partial charge on any atom is -0.322 e. The van der Waals surface area contributed by atoms with Crippen molar-refractivity contribution >= 4 is 11.7 Å². The van der Waals surface area contributed by atoms with E-state index in [0.717, 1.165) is 12.1 Å². The van der Waals surface area contributed by atoms with Gasteiger partial charge in [-0.2, -0.15) is 13.2 Å². The highest BCUT2D eigenvalue weighted by Gasteiger charge is 2.38. The van der Waals surface area contributed by atoms with Gasteiger partial charge >= 0.3 is 12.2 Å². The van der Waals surface area contributed by atoms with Gasteiger partial charge in [0.25, 0.3) is 0 Å². The van der Waals surface area contributed by atoms with Gasteiger partial charge in [0.15, 0.2) is 0 Å². The number of likely N-dealkylation sites (tertiary alicyclic amines) is 1. The zero-order chi connectivity index (χ0) is 14.3. The maximum absolute atomic E-state index is 12.3. The van der Waals surface area contributed by atoms with Gasteiger partial charge in [0.2, 0.25) is 0 Å². The molecule has 0 spiro atoms. The fourth-order valence-electron chi connectivity index (χ4n) is 1.91. The Kier molecular flexibility index (Phi) is 3.17. The molecule has 19 heavy (non-hydrogen) atoms. The van der Waals surface area contributed by atoms with Crippen LogP contribution in [0.3, 0.4) is 0 Å². The Balaban J connectivity index is 1.95. The number of nitrogens with one attached hydrogen (secondary N) is 1. The number of nitrogens with two attached hydrogens (primary N) is 1. The molecular weight excluding hydrogens is 259 g/mol. The number of hydrogen-bond acceptors (Lipinski definition) is 2. The zero-order valence-corrected chi connectivity index (χ0v) is 10.3. The summed E-state index contributed by atoms with van der Waals surface area (Å²) in [7, 11) is 0. The molecule has 104 valence electrons. The molecule has 0 aromatic heterocycles. The molecule has 0 bridgehead atoms. The van der Waals surface area contributed by atoms with Crippen molar-refractivity contribution in [1.82, 2.24) is 4.90 Å². The highest BCUT2D eigenvalue weighted by Crippen LogP contribution is 2.30. The van der Waals surface area contributed by atoms with Gasteiger partial charge < -0.3 is 16.0 Å². The number of hydrogen-bond donors (Lipinski definition) is 2. The Morgan fingerprint density at radius 2 is 1.84 bits per heavy atom. The fourth-order valence-corrected chi connectivity index (χ4v) is 1.91. The van der Waals surface area contributed by atoms with Crippen molar-refractivity contribution in [3.63, 3.8) is 0 Å². The van der Waals surface area contributed by atoms with Crippen LogP contribution in [0.25, 0.3) is 0 Å². The summed E-state index contributed by atoms with van der Waals surface area (Å²) in [6.07, 6.45) is -4.37. The van der Waals surface area contributed by atoms with E-state index in [1.165, 1.54) is 17.0 Å².